The Kier molecular flexibility index (Phi) is 5.34. The molecule has 3 N–H and O–H groups in total. The minimum atomic E-state index is -3.94. The third-order valence-corrected chi connectivity index (χ3v) is 5.37. The van der Waals surface area contributed by atoms with E-state index < -0.39 is 15.9 Å². The van der Waals surface area contributed by atoms with Crippen molar-refractivity contribution in [3.8, 4) is 5.75 Å². The number of benzene rings is 3. The van der Waals surface area contributed by atoms with Crippen LogP contribution in [0.2, 0.25) is 5.02 Å². The summed E-state index contributed by atoms with van der Waals surface area (Å²) < 4.78 is 27.6. The van der Waals surface area contributed by atoms with Crippen molar-refractivity contribution in [2.24, 2.45) is 0 Å². The number of phenolic OH excluding ortho intramolecular Hbond substituents is 1. The van der Waals surface area contributed by atoms with Gasteiger partial charge in [-0.1, -0.05) is 41.9 Å². The van der Waals surface area contributed by atoms with Gasteiger partial charge in [-0.25, -0.2) is 8.42 Å². The highest BCUT2D eigenvalue weighted by atomic mass is 35.5. The molecule has 0 spiro atoms. The first-order chi connectivity index (χ1) is 12.9. The van der Waals surface area contributed by atoms with E-state index in [9.17, 15) is 18.3 Å². The molecule has 0 unspecified atom stereocenters. The molecule has 6 nitrogen and oxygen atoms in total. The van der Waals surface area contributed by atoms with Crippen LogP contribution in [0.1, 0.15) is 10.4 Å². The summed E-state index contributed by atoms with van der Waals surface area (Å²) in [6.07, 6.45) is 0. The van der Waals surface area contributed by atoms with Crippen LogP contribution in [0.25, 0.3) is 0 Å². The highest BCUT2D eigenvalue weighted by Gasteiger charge is 2.18. The number of hydrogen-bond acceptors (Lipinski definition) is 4. The Morgan fingerprint density at radius 2 is 1.56 bits per heavy atom. The average molecular weight is 403 g/mol. The van der Waals surface area contributed by atoms with Gasteiger partial charge in [-0.15, -0.1) is 0 Å². The van der Waals surface area contributed by atoms with Crippen LogP contribution >= 0.6 is 11.6 Å². The number of rotatable bonds is 5. The molecule has 8 heteroatoms. The van der Waals surface area contributed by atoms with Crippen LogP contribution in [0.3, 0.4) is 0 Å². The van der Waals surface area contributed by atoms with Crippen LogP contribution in [-0.2, 0) is 10.0 Å². The topological polar surface area (TPSA) is 95.5 Å². The molecule has 0 aromatic heterocycles. The average Bonchev–Trinajstić information content (AvgIpc) is 2.65. The Bertz CT molecular complexity index is 1100. The molecule has 0 radical (unpaired) electrons. The number of phenols is 1. The van der Waals surface area contributed by atoms with Gasteiger partial charge in [0, 0.05) is 5.56 Å². The molecule has 0 saturated carbocycles. The van der Waals surface area contributed by atoms with Crippen LogP contribution in [0.5, 0.6) is 5.75 Å². The lowest BCUT2D eigenvalue weighted by molar-refractivity contribution is 0.102. The van der Waals surface area contributed by atoms with Crippen molar-refractivity contribution < 1.29 is 18.3 Å². The van der Waals surface area contributed by atoms with Gasteiger partial charge < -0.3 is 10.4 Å². The fourth-order valence-corrected chi connectivity index (χ4v) is 3.69. The fourth-order valence-electron chi connectivity index (χ4n) is 2.33. The maximum Gasteiger partial charge on any atom is 0.261 e. The molecule has 27 heavy (non-hydrogen) atoms. The third kappa shape index (κ3) is 4.39. The number of amides is 1. The lowest BCUT2D eigenvalue weighted by Gasteiger charge is -2.11. The third-order valence-electron chi connectivity index (χ3n) is 3.68. The molecular weight excluding hydrogens is 388 g/mol. The fraction of sp³-hybridized carbons (Fsp3) is 0. The molecule has 0 fully saturated rings. The first kappa shape index (κ1) is 18.8. The van der Waals surface area contributed by atoms with Gasteiger partial charge in [0.2, 0.25) is 0 Å². The normalized spacial score (nSPS) is 11.0. The quantitative estimate of drug-likeness (QED) is 0.560. The second kappa shape index (κ2) is 7.69. The molecule has 1 amide bonds. The summed E-state index contributed by atoms with van der Waals surface area (Å²) in [7, 11) is -3.94. The number of aromatic hydroxyl groups is 1. The molecule has 0 aliphatic rings. The molecule has 0 heterocycles. The van der Waals surface area contributed by atoms with Crippen molar-refractivity contribution in [1.29, 1.82) is 0 Å². The zero-order valence-corrected chi connectivity index (χ0v) is 15.5. The summed E-state index contributed by atoms with van der Waals surface area (Å²) in [5.74, 6) is -0.638. The van der Waals surface area contributed by atoms with E-state index in [1.54, 1.807) is 30.3 Å². The highest BCUT2D eigenvalue weighted by Crippen LogP contribution is 2.25. The molecule has 3 rings (SSSR count). The Hall–Kier alpha value is -3.03. The van der Waals surface area contributed by atoms with Crippen molar-refractivity contribution in [3.63, 3.8) is 0 Å². The van der Waals surface area contributed by atoms with Gasteiger partial charge in [0.1, 0.15) is 5.75 Å². The minimum Gasteiger partial charge on any atom is -0.506 e. The number of para-hydroxylation sites is 3. The molecule has 0 aliphatic carbocycles. The highest BCUT2D eigenvalue weighted by molar-refractivity contribution is 7.92. The summed E-state index contributed by atoms with van der Waals surface area (Å²) in [5.41, 5.74) is 0.591. The van der Waals surface area contributed by atoms with Gasteiger partial charge in [0.05, 0.1) is 21.3 Å². The van der Waals surface area contributed by atoms with Gasteiger partial charge in [-0.2, -0.15) is 0 Å². The number of anilines is 2. The second-order valence-corrected chi connectivity index (χ2v) is 7.67. The Morgan fingerprint density at radius 1 is 0.889 bits per heavy atom. The predicted octanol–water partition coefficient (Wildman–Crippen LogP) is 4.10. The van der Waals surface area contributed by atoms with Gasteiger partial charge >= 0.3 is 0 Å². The molecule has 0 atom stereocenters. The van der Waals surface area contributed by atoms with E-state index in [1.165, 1.54) is 42.5 Å². The second-order valence-electron chi connectivity index (χ2n) is 5.58. The number of carbonyl (C=O) groups is 1. The largest absolute Gasteiger partial charge is 0.506 e. The van der Waals surface area contributed by atoms with Crippen LogP contribution < -0.4 is 10.0 Å². The SMILES string of the molecule is O=C(Nc1ccccc1O)c1cccc(S(=O)(=O)Nc2ccccc2Cl)c1. The van der Waals surface area contributed by atoms with E-state index in [4.69, 9.17) is 11.6 Å². The molecule has 0 bridgehead atoms. The van der Waals surface area contributed by atoms with E-state index in [0.29, 0.717) is 0 Å². The van der Waals surface area contributed by atoms with E-state index >= 15 is 0 Å². The monoisotopic (exact) mass is 402 g/mol. The maximum atomic E-state index is 12.6. The standard InChI is InChI=1S/C19H15ClN2O4S/c20-15-8-1-2-9-16(15)22-27(25,26)14-7-5-6-13(12-14)19(24)21-17-10-3-4-11-18(17)23/h1-12,22-23H,(H,21,24). The van der Waals surface area contributed by atoms with Gasteiger partial charge in [-0.05, 0) is 42.5 Å². The number of nitrogens with one attached hydrogen (secondary N) is 2. The first-order valence-corrected chi connectivity index (χ1v) is 9.70. The molecule has 3 aromatic carbocycles. The summed E-state index contributed by atoms with van der Waals surface area (Å²) in [6, 6.07) is 18.2. The van der Waals surface area contributed by atoms with Crippen molar-refractivity contribution >= 4 is 38.9 Å². The minimum absolute atomic E-state index is 0.0880. The van der Waals surface area contributed by atoms with Crippen molar-refractivity contribution in [3.05, 3.63) is 83.4 Å². The lowest BCUT2D eigenvalue weighted by atomic mass is 10.2. The van der Waals surface area contributed by atoms with Crippen LogP contribution in [-0.4, -0.2) is 19.4 Å². The summed E-state index contributed by atoms with van der Waals surface area (Å²) in [6.45, 7) is 0. The van der Waals surface area contributed by atoms with Gasteiger partial charge in [0.15, 0.2) is 0 Å². The summed E-state index contributed by atoms with van der Waals surface area (Å²) >= 11 is 5.99. The van der Waals surface area contributed by atoms with E-state index in [1.807, 2.05) is 0 Å². The van der Waals surface area contributed by atoms with E-state index in [-0.39, 0.29) is 32.6 Å². The molecule has 0 aliphatic heterocycles. The lowest BCUT2D eigenvalue weighted by Crippen LogP contribution is -2.16. The van der Waals surface area contributed by atoms with Crippen molar-refractivity contribution in [2.75, 3.05) is 10.0 Å². The Labute approximate surface area is 161 Å². The first-order valence-electron chi connectivity index (χ1n) is 7.83. The molecule has 0 saturated heterocycles. The Balaban J connectivity index is 1.85. The van der Waals surface area contributed by atoms with Crippen LogP contribution in [0.15, 0.2) is 77.7 Å². The molecule has 3 aromatic rings. The summed E-state index contributed by atoms with van der Waals surface area (Å²) in [4.78, 5) is 12.3. The zero-order valence-electron chi connectivity index (χ0n) is 13.9. The Morgan fingerprint density at radius 3 is 2.26 bits per heavy atom. The van der Waals surface area contributed by atoms with Crippen LogP contribution in [0.4, 0.5) is 11.4 Å². The van der Waals surface area contributed by atoms with E-state index in [0.717, 1.165) is 0 Å². The number of sulfonamides is 1. The van der Waals surface area contributed by atoms with E-state index in [2.05, 4.69) is 10.0 Å². The summed E-state index contributed by atoms with van der Waals surface area (Å²) in [5, 5.41) is 12.5. The smallest absolute Gasteiger partial charge is 0.261 e. The number of hydrogen-bond donors (Lipinski definition) is 3. The van der Waals surface area contributed by atoms with Crippen molar-refractivity contribution in [2.45, 2.75) is 4.90 Å². The zero-order chi connectivity index (χ0) is 19.4. The van der Waals surface area contributed by atoms with Crippen LogP contribution in [0, 0.1) is 0 Å². The van der Waals surface area contributed by atoms with Gasteiger partial charge in [0.25, 0.3) is 15.9 Å². The predicted molar refractivity (Wildman–Crippen MR) is 105 cm³/mol. The van der Waals surface area contributed by atoms with Gasteiger partial charge in [-0.3, -0.25) is 9.52 Å². The number of halogens is 1. The number of carbonyl (C=O) groups excluding carboxylic acids is 1. The van der Waals surface area contributed by atoms with Crippen molar-refractivity contribution in [1.82, 2.24) is 0 Å². The molecule has 138 valence electrons. The molecular formula is C19H15ClN2O4S. The maximum absolute atomic E-state index is 12.6.